The normalized spacial score (nSPS) is 24.3. The van der Waals surface area contributed by atoms with Crippen molar-refractivity contribution in [1.82, 2.24) is 14.8 Å². The predicted molar refractivity (Wildman–Crippen MR) is 136 cm³/mol. The van der Waals surface area contributed by atoms with Gasteiger partial charge in [0.1, 0.15) is 17.0 Å². The number of hydrogen-bond acceptors (Lipinski definition) is 3. The Balaban J connectivity index is 1.44. The minimum atomic E-state index is -0.988. The van der Waals surface area contributed by atoms with Crippen LogP contribution in [0.2, 0.25) is 0 Å². The molecule has 184 valence electrons. The third-order valence-electron chi connectivity index (χ3n) is 7.89. The third kappa shape index (κ3) is 4.54. The van der Waals surface area contributed by atoms with Gasteiger partial charge in [0.15, 0.2) is 0 Å². The van der Waals surface area contributed by atoms with Gasteiger partial charge in [0.05, 0.1) is 18.5 Å². The number of carbonyl (C=O) groups excluding carboxylic acids is 2. The molecule has 6 heteroatoms. The van der Waals surface area contributed by atoms with E-state index in [1.54, 1.807) is 11.2 Å². The van der Waals surface area contributed by atoms with E-state index >= 15 is 0 Å². The average Bonchev–Trinajstić information content (AvgIpc) is 3.53. The van der Waals surface area contributed by atoms with Gasteiger partial charge in [0.25, 0.3) is 5.91 Å². The average molecular weight is 474 g/mol. The number of nitrogens with zero attached hydrogens (tertiary/aromatic N) is 2. The van der Waals surface area contributed by atoms with Crippen LogP contribution in [-0.4, -0.2) is 39.4 Å². The molecule has 1 aromatic carbocycles. The number of amides is 2. The summed E-state index contributed by atoms with van der Waals surface area (Å²) in [6, 6.07) is 17.9. The molecular formula is C29H35N3O3. The van der Waals surface area contributed by atoms with Crippen LogP contribution in [0.15, 0.2) is 65.3 Å². The van der Waals surface area contributed by atoms with E-state index in [-0.39, 0.29) is 17.9 Å². The highest BCUT2D eigenvalue weighted by atomic mass is 16.3. The maximum absolute atomic E-state index is 13.9. The Kier molecular flexibility index (Phi) is 6.54. The van der Waals surface area contributed by atoms with Crippen LogP contribution in [0.25, 0.3) is 11.5 Å². The predicted octanol–water partition coefficient (Wildman–Crippen LogP) is 5.29. The molecule has 1 saturated carbocycles. The smallest absolute Gasteiger partial charge is 0.271 e. The molecule has 5 rings (SSSR count). The second-order valence-corrected chi connectivity index (χ2v) is 10.3. The van der Waals surface area contributed by atoms with Gasteiger partial charge in [0, 0.05) is 12.6 Å². The molecule has 1 aliphatic carbocycles. The number of fused-ring (bicyclic) bond motifs is 1. The van der Waals surface area contributed by atoms with E-state index < -0.39 is 5.54 Å². The summed E-state index contributed by atoms with van der Waals surface area (Å²) in [5, 5.41) is 3.35. The lowest BCUT2D eigenvalue weighted by molar-refractivity contribution is -0.134. The maximum atomic E-state index is 13.9. The minimum absolute atomic E-state index is 0.0611. The second-order valence-electron chi connectivity index (χ2n) is 10.3. The van der Waals surface area contributed by atoms with E-state index in [0.29, 0.717) is 30.5 Å². The molecule has 1 aliphatic heterocycles. The van der Waals surface area contributed by atoms with Gasteiger partial charge in [-0.2, -0.15) is 0 Å². The first kappa shape index (κ1) is 23.5. The molecular weight excluding hydrogens is 438 g/mol. The Morgan fingerprint density at radius 1 is 1.06 bits per heavy atom. The molecule has 0 bridgehead atoms. The van der Waals surface area contributed by atoms with Crippen LogP contribution in [0.1, 0.15) is 62.0 Å². The molecule has 2 aliphatic rings. The van der Waals surface area contributed by atoms with Crippen molar-refractivity contribution in [2.75, 3.05) is 6.54 Å². The largest absolute Gasteiger partial charge is 0.463 e. The fourth-order valence-corrected chi connectivity index (χ4v) is 5.70. The zero-order valence-corrected chi connectivity index (χ0v) is 20.7. The van der Waals surface area contributed by atoms with E-state index in [0.717, 1.165) is 37.8 Å². The lowest BCUT2D eigenvalue weighted by Gasteiger charge is -2.45. The monoisotopic (exact) mass is 473 g/mol. The van der Waals surface area contributed by atoms with Crippen molar-refractivity contribution >= 4 is 11.8 Å². The molecule has 3 atom stereocenters. The zero-order chi connectivity index (χ0) is 24.4. The van der Waals surface area contributed by atoms with Crippen LogP contribution in [0.4, 0.5) is 0 Å². The van der Waals surface area contributed by atoms with E-state index in [1.165, 1.54) is 12.0 Å². The number of aromatic nitrogens is 1. The molecule has 1 fully saturated rings. The van der Waals surface area contributed by atoms with Gasteiger partial charge in [0.2, 0.25) is 5.91 Å². The van der Waals surface area contributed by atoms with E-state index in [4.69, 9.17) is 4.42 Å². The van der Waals surface area contributed by atoms with Crippen LogP contribution >= 0.6 is 0 Å². The van der Waals surface area contributed by atoms with E-state index in [2.05, 4.69) is 24.4 Å². The van der Waals surface area contributed by atoms with Gasteiger partial charge in [-0.25, -0.2) is 0 Å². The number of rotatable bonds is 7. The van der Waals surface area contributed by atoms with Crippen LogP contribution in [0.5, 0.6) is 0 Å². The van der Waals surface area contributed by atoms with Crippen molar-refractivity contribution in [3.05, 3.63) is 72.1 Å². The lowest BCUT2D eigenvalue weighted by Crippen LogP contribution is -2.65. The van der Waals surface area contributed by atoms with Crippen LogP contribution in [-0.2, 0) is 17.8 Å². The topological polar surface area (TPSA) is 67.5 Å². The molecule has 35 heavy (non-hydrogen) atoms. The number of nitrogens with one attached hydrogen (secondary N) is 1. The number of furan rings is 1. The summed E-state index contributed by atoms with van der Waals surface area (Å²) >= 11 is 0. The first-order chi connectivity index (χ1) is 17.0. The van der Waals surface area contributed by atoms with Gasteiger partial charge in [-0.3, -0.25) is 9.59 Å². The second kappa shape index (κ2) is 9.76. The molecule has 3 aromatic rings. The number of carbonyl (C=O) groups is 2. The Morgan fingerprint density at radius 3 is 2.57 bits per heavy atom. The fourth-order valence-electron chi connectivity index (χ4n) is 5.70. The minimum Gasteiger partial charge on any atom is -0.463 e. The van der Waals surface area contributed by atoms with Gasteiger partial charge in [-0.1, -0.05) is 50.1 Å². The van der Waals surface area contributed by atoms with Crippen LogP contribution < -0.4 is 5.32 Å². The molecule has 1 N–H and O–H groups in total. The van der Waals surface area contributed by atoms with Crippen molar-refractivity contribution in [1.29, 1.82) is 0 Å². The summed E-state index contributed by atoms with van der Waals surface area (Å²) < 4.78 is 7.59. The standard InChI is InChI=1S/C29H35N3O3/c1-21-10-6-7-14-23(21)30-28(34)29(2)20-31-24(26-15-9-19-35-26)16-17-25(31)27(33)32(29)18-8-13-22-11-4-3-5-12-22/h3-5,9,11-12,15-17,19,21,23H,6-8,10,13-14,18,20H2,1-2H3,(H,30,34). The Labute approximate surface area is 207 Å². The summed E-state index contributed by atoms with van der Waals surface area (Å²) in [4.78, 5) is 29.5. The number of benzene rings is 1. The van der Waals surface area contributed by atoms with Crippen molar-refractivity contribution in [2.45, 2.75) is 70.5 Å². The molecule has 0 radical (unpaired) electrons. The van der Waals surface area contributed by atoms with Gasteiger partial charge in [-0.15, -0.1) is 0 Å². The fraction of sp³-hybridized carbons (Fsp3) is 0.448. The maximum Gasteiger partial charge on any atom is 0.271 e. The molecule has 0 saturated heterocycles. The summed E-state index contributed by atoms with van der Waals surface area (Å²) in [5.74, 6) is 0.985. The molecule has 6 nitrogen and oxygen atoms in total. The van der Waals surface area contributed by atoms with Crippen LogP contribution in [0.3, 0.4) is 0 Å². The highest BCUT2D eigenvalue weighted by Gasteiger charge is 2.48. The first-order valence-electron chi connectivity index (χ1n) is 12.9. The summed E-state index contributed by atoms with van der Waals surface area (Å²) in [6.07, 6.45) is 7.77. The van der Waals surface area contributed by atoms with Crippen molar-refractivity contribution in [3.8, 4) is 11.5 Å². The summed E-state index contributed by atoms with van der Waals surface area (Å²) in [6.45, 7) is 5.06. The molecule has 0 spiro atoms. The van der Waals surface area contributed by atoms with E-state index in [9.17, 15) is 9.59 Å². The lowest BCUT2D eigenvalue weighted by atomic mass is 9.85. The summed E-state index contributed by atoms with van der Waals surface area (Å²) in [5.41, 5.74) is 1.68. The first-order valence-corrected chi connectivity index (χ1v) is 12.9. The third-order valence-corrected chi connectivity index (χ3v) is 7.89. The Bertz CT molecular complexity index is 1170. The van der Waals surface area contributed by atoms with Crippen molar-refractivity contribution in [2.24, 2.45) is 5.92 Å². The number of aryl methyl sites for hydroxylation is 1. The Hall–Kier alpha value is -3.28. The highest BCUT2D eigenvalue weighted by molar-refractivity contribution is 6.00. The molecule has 2 amide bonds. The Morgan fingerprint density at radius 2 is 1.83 bits per heavy atom. The molecule has 3 unspecified atom stereocenters. The van der Waals surface area contributed by atoms with Crippen molar-refractivity contribution in [3.63, 3.8) is 0 Å². The molecule has 3 heterocycles. The van der Waals surface area contributed by atoms with Gasteiger partial charge >= 0.3 is 0 Å². The van der Waals surface area contributed by atoms with Crippen LogP contribution in [0, 0.1) is 5.92 Å². The molecule has 2 aromatic heterocycles. The summed E-state index contributed by atoms with van der Waals surface area (Å²) in [7, 11) is 0. The highest BCUT2D eigenvalue weighted by Crippen LogP contribution is 2.34. The van der Waals surface area contributed by atoms with E-state index in [1.807, 2.05) is 54.0 Å². The number of hydrogen-bond donors (Lipinski definition) is 1. The van der Waals surface area contributed by atoms with Gasteiger partial charge < -0.3 is 19.2 Å². The SMILES string of the molecule is CC1CCCCC1NC(=O)C1(C)Cn2c(ccc2-c2ccco2)C(=O)N1CCCc1ccccc1. The quantitative estimate of drug-likeness (QED) is 0.507. The zero-order valence-electron chi connectivity index (χ0n) is 20.7. The van der Waals surface area contributed by atoms with Crippen molar-refractivity contribution < 1.29 is 14.0 Å². The van der Waals surface area contributed by atoms with Gasteiger partial charge in [-0.05, 0) is 68.4 Å².